The van der Waals surface area contributed by atoms with Gasteiger partial charge in [-0.25, -0.2) is 0 Å². The number of rotatable bonds is 50. The van der Waals surface area contributed by atoms with Crippen LogP contribution in [0.15, 0.2) is 36.5 Å². The van der Waals surface area contributed by atoms with E-state index in [-0.39, 0.29) is 19.2 Å². The van der Waals surface area contributed by atoms with Crippen LogP contribution in [0, 0.1) is 0 Å². The molecule has 1 saturated heterocycles. The second-order valence-corrected chi connectivity index (χ2v) is 19.7. The Morgan fingerprint density at radius 3 is 1.30 bits per heavy atom. The van der Waals surface area contributed by atoms with E-state index in [2.05, 4.69) is 50.3 Å². The number of ether oxygens (including phenoxy) is 4. The number of hydrogen-bond acceptors (Lipinski definition) is 9. The van der Waals surface area contributed by atoms with Crippen LogP contribution in [-0.4, -0.2) is 89.6 Å². The Hall–Kier alpha value is -1.59. The highest BCUT2D eigenvalue weighted by Gasteiger charge is 2.44. The summed E-state index contributed by atoms with van der Waals surface area (Å²) in [6.07, 6.45) is 54.7. The molecule has 4 N–H and O–H groups in total. The Kier molecular flexibility index (Phi) is 46.8. The molecule has 0 saturated carbocycles. The first-order valence-corrected chi connectivity index (χ1v) is 28.6. The highest BCUT2D eigenvalue weighted by molar-refractivity contribution is 5.69. The molecule has 0 bridgehead atoms. The zero-order chi connectivity index (χ0) is 48.5. The third-order valence-corrected chi connectivity index (χ3v) is 13.3. The van der Waals surface area contributed by atoms with Crippen molar-refractivity contribution in [3.8, 4) is 0 Å². The summed E-state index contributed by atoms with van der Waals surface area (Å²) in [4.78, 5) is 12.9. The van der Waals surface area contributed by atoms with E-state index in [9.17, 15) is 25.2 Å². The van der Waals surface area contributed by atoms with Gasteiger partial charge >= 0.3 is 5.97 Å². The molecule has 1 aliphatic heterocycles. The number of unbranched alkanes of at least 4 members (excludes halogenated alkanes) is 33. The van der Waals surface area contributed by atoms with Gasteiger partial charge in [0.2, 0.25) is 0 Å². The van der Waals surface area contributed by atoms with Crippen molar-refractivity contribution < 1.29 is 44.2 Å². The molecule has 1 aliphatic rings. The summed E-state index contributed by atoms with van der Waals surface area (Å²) in [5.41, 5.74) is 0. The summed E-state index contributed by atoms with van der Waals surface area (Å²) >= 11 is 0. The Balaban J connectivity index is 2.16. The summed E-state index contributed by atoms with van der Waals surface area (Å²) in [7, 11) is 0. The minimum atomic E-state index is -1.54. The smallest absolute Gasteiger partial charge is 0.306 e. The Labute approximate surface area is 412 Å². The lowest BCUT2D eigenvalue weighted by Crippen LogP contribution is -2.59. The van der Waals surface area contributed by atoms with Gasteiger partial charge in [0, 0.05) is 13.0 Å². The molecule has 6 unspecified atom stereocenters. The lowest BCUT2D eigenvalue weighted by Gasteiger charge is -2.39. The first-order valence-electron chi connectivity index (χ1n) is 28.6. The number of hydrogen-bond donors (Lipinski definition) is 4. The zero-order valence-corrected chi connectivity index (χ0v) is 43.7. The van der Waals surface area contributed by atoms with Crippen LogP contribution in [0.25, 0.3) is 0 Å². The fourth-order valence-corrected chi connectivity index (χ4v) is 8.85. The van der Waals surface area contributed by atoms with E-state index in [4.69, 9.17) is 18.9 Å². The highest BCUT2D eigenvalue weighted by Crippen LogP contribution is 2.23. The van der Waals surface area contributed by atoms with Crippen LogP contribution in [0.2, 0.25) is 0 Å². The Morgan fingerprint density at radius 1 is 0.478 bits per heavy atom. The van der Waals surface area contributed by atoms with Crippen molar-refractivity contribution in [2.24, 2.45) is 0 Å². The first kappa shape index (κ1) is 63.4. The van der Waals surface area contributed by atoms with E-state index in [1.807, 2.05) is 0 Å². The molecule has 394 valence electrons. The van der Waals surface area contributed by atoms with Crippen LogP contribution in [-0.2, 0) is 23.7 Å². The Morgan fingerprint density at radius 2 is 0.866 bits per heavy atom. The molecule has 1 heterocycles. The van der Waals surface area contributed by atoms with E-state index in [0.29, 0.717) is 13.0 Å². The van der Waals surface area contributed by atoms with E-state index in [1.54, 1.807) is 0 Å². The fourth-order valence-electron chi connectivity index (χ4n) is 8.85. The van der Waals surface area contributed by atoms with Gasteiger partial charge in [0.15, 0.2) is 6.29 Å². The van der Waals surface area contributed by atoms with Gasteiger partial charge in [0.1, 0.15) is 30.5 Å². The predicted octanol–water partition coefficient (Wildman–Crippen LogP) is 14.7. The van der Waals surface area contributed by atoms with Gasteiger partial charge in [-0.05, 0) is 51.4 Å². The van der Waals surface area contributed by atoms with Crippen LogP contribution in [0.3, 0.4) is 0 Å². The number of carbonyl (C=O) groups is 1. The molecule has 0 radical (unpaired) electrons. The molecule has 0 aromatic heterocycles. The van der Waals surface area contributed by atoms with Crippen LogP contribution < -0.4 is 0 Å². The largest absolute Gasteiger partial charge is 0.457 e. The molecule has 9 heteroatoms. The van der Waals surface area contributed by atoms with Gasteiger partial charge < -0.3 is 39.4 Å². The van der Waals surface area contributed by atoms with Gasteiger partial charge in [-0.2, -0.15) is 0 Å². The van der Waals surface area contributed by atoms with Gasteiger partial charge in [-0.15, -0.1) is 0 Å². The molecule has 6 atom stereocenters. The maximum Gasteiger partial charge on any atom is 0.306 e. The number of allylic oxidation sites excluding steroid dienone is 6. The number of aliphatic hydroxyl groups excluding tert-OH is 4. The summed E-state index contributed by atoms with van der Waals surface area (Å²) in [5, 5.41) is 40.3. The average molecular weight is 949 g/mol. The number of carbonyl (C=O) groups excluding carboxylic acids is 1. The van der Waals surface area contributed by atoms with Gasteiger partial charge in [-0.1, -0.05) is 243 Å². The molecule has 0 aromatic rings. The maximum atomic E-state index is 12.9. The standard InChI is InChI=1S/C58H108O9/c1-3-5-7-9-11-13-15-17-19-21-23-25-26-28-30-32-34-36-38-40-42-44-46-48-64-50-52(51-65-58-57(63)56(62)55(61)53(49-59)67-58)66-54(60)47-45-43-41-39-37-35-33-31-29-27-24-22-20-18-16-14-12-10-8-6-4-2/h16,18,22,24,29,31,52-53,55-59,61-63H,3-15,17,19-21,23,25-28,30,32-51H2,1-2H3/b18-16-,24-22-,31-29-. The SMILES string of the molecule is CCCCCCC/C=C\C/C=C\C/C=C\CCCCCCCCC(=O)OC(COCCCCCCCCCCCCCCCCCCCCCCCCC)COC1OC(CO)C(O)C(O)C1O. The lowest BCUT2D eigenvalue weighted by molar-refractivity contribution is -0.305. The molecule has 0 aliphatic carbocycles. The van der Waals surface area contributed by atoms with Crippen molar-refractivity contribution in [1.82, 2.24) is 0 Å². The van der Waals surface area contributed by atoms with E-state index < -0.39 is 43.4 Å². The third-order valence-electron chi connectivity index (χ3n) is 13.3. The molecule has 1 rings (SSSR count). The topological polar surface area (TPSA) is 135 Å². The summed E-state index contributed by atoms with van der Waals surface area (Å²) < 4.78 is 23.0. The van der Waals surface area contributed by atoms with Crippen LogP contribution in [0.5, 0.6) is 0 Å². The quantitative estimate of drug-likeness (QED) is 0.0267. The van der Waals surface area contributed by atoms with Crippen molar-refractivity contribution in [1.29, 1.82) is 0 Å². The maximum absolute atomic E-state index is 12.9. The minimum Gasteiger partial charge on any atom is -0.457 e. The summed E-state index contributed by atoms with van der Waals surface area (Å²) in [6, 6.07) is 0. The van der Waals surface area contributed by atoms with Crippen LogP contribution >= 0.6 is 0 Å². The average Bonchev–Trinajstić information content (AvgIpc) is 3.33. The lowest BCUT2D eigenvalue weighted by atomic mass is 9.99. The summed E-state index contributed by atoms with van der Waals surface area (Å²) in [6.45, 7) is 4.58. The number of aliphatic hydroxyl groups is 4. The normalized spacial score (nSPS) is 19.4. The van der Waals surface area contributed by atoms with Crippen molar-refractivity contribution in [2.45, 2.75) is 301 Å². The molecular weight excluding hydrogens is 841 g/mol. The van der Waals surface area contributed by atoms with E-state index >= 15 is 0 Å². The Bertz CT molecular complexity index is 1130. The molecular formula is C58H108O9. The van der Waals surface area contributed by atoms with Crippen molar-refractivity contribution in [3.63, 3.8) is 0 Å². The zero-order valence-electron chi connectivity index (χ0n) is 43.7. The van der Waals surface area contributed by atoms with Gasteiger partial charge in [0.25, 0.3) is 0 Å². The second kappa shape index (κ2) is 49.4. The van der Waals surface area contributed by atoms with Crippen molar-refractivity contribution in [3.05, 3.63) is 36.5 Å². The molecule has 67 heavy (non-hydrogen) atoms. The fraction of sp³-hybridized carbons (Fsp3) is 0.879. The predicted molar refractivity (Wildman–Crippen MR) is 279 cm³/mol. The third kappa shape index (κ3) is 39.8. The van der Waals surface area contributed by atoms with Gasteiger partial charge in [0.05, 0.1) is 19.8 Å². The molecule has 1 fully saturated rings. The van der Waals surface area contributed by atoms with Crippen molar-refractivity contribution >= 4 is 5.97 Å². The number of esters is 1. The highest BCUT2D eigenvalue weighted by atomic mass is 16.7. The van der Waals surface area contributed by atoms with E-state index in [1.165, 1.54) is 186 Å². The first-order chi connectivity index (χ1) is 32.9. The molecule has 0 amide bonds. The molecule has 9 nitrogen and oxygen atoms in total. The molecule has 0 aromatic carbocycles. The van der Waals surface area contributed by atoms with Crippen LogP contribution in [0.1, 0.15) is 264 Å². The summed E-state index contributed by atoms with van der Waals surface area (Å²) in [5.74, 6) is -0.321. The van der Waals surface area contributed by atoms with Crippen LogP contribution in [0.4, 0.5) is 0 Å². The van der Waals surface area contributed by atoms with Crippen molar-refractivity contribution in [2.75, 3.05) is 26.4 Å². The second-order valence-electron chi connectivity index (χ2n) is 19.7. The van der Waals surface area contributed by atoms with Gasteiger partial charge in [-0.3, -0.25) is 4.79 Å². The monoisotopic (exact) mass is 949 g/mol. The molecule has 0 spiro atoms. The van der Waals surface area contributed by atoms with E-state index in [0.717, 1.165) is 57.8 Å². The minimum absolute atomic E-state index is 0.116.